The molecule has 1 aromatic heterocycles. The highest BCUT2D eigenvalue weighted by Crippen LogP contribution is 2.11. The number of hydrogen-bond donors (Lipinski definition) is 2. The molecule has 0 aliphatic carbocycles. The number of urea groups is 1. The van der Waals surface area contributed by atoms with Gasteiger partial charge in [-0.3, -0.25) is 5.32 Å². The number of benzene rings is 1. The normalized spacial score (nSPS) is 10.1. The zero-order chi connectivity index (χ0) is 14.4. The molecule has 0 saturated heterocycles. The Morgan fingerprint density at radius 3 is 2.70 bits per heavy atom. The van der Waals surface area contributed by atoms with Crippen molar-refractivity contribution >= 4 is 11.8 Å². The van der Waals surface area contributed by atoms with Crippen LogP contribution in [0.15, 0.2) is 34.9 Å². The monoisotopic (exact) mass is 275 g/mol. The largest absolute Gasteiger partial charge is 0.497 e. The Morgan fingerprint density at radius 1 is 1.35 bits per heavy atom. The predicted molar refractivity (Wildman–Crippen MR) is 75.0 cm³/mol. The van der Waals surface area contributed by atoms with E-state index in [0.717, 1.165) is 17.7 Å². The number of rotatable bonds is 5. The highest BCUT2D eigenvalue weighted by molar-refractivity contribution is 5.88. The summed E-state index contributed by atoms with van der Waals surface area (Å²) in [6, 6.07) is 9.09. The van der Waals surface area contributed by atoms with Gasteiger partial charge >= 0.3 is 6.03 Å². The number of hydrogen-bond acceptors (Lipinski definition) is 4. The van der Waals surface area contributed by atoms with E-state index in [4.69, 9.17) is 9.26 Å². The smallest absolute Gasteiger partial charge is 0.320 e. The van der Waals surface area contributed by atoms with Crippen LogP contribution in [0.2, 0.25) is 0 Å². The number of aromatic nitrogens is 1. The van der Waals surface area contributed by atoms with Crippen LogP contribution in [0, 0.1) is 6.92 Å². The number of carbonyl (C=O) groups excluding carboxylic acids is 1. The predicted octanol–water partition coefficient (Wildman–Crippen LogP) is 2.36. The summed E-state index contributed by atoms with van der Waals surface area (Å²) in [4.78, 5) is 11.6. The Hall–Kier alpha value is -2.50. The number of ether oxygens (including phenoxy) is 1. The second kappa shape index (κ2) is 6.60. The van der Waals surface area contributed by atoms with Gasteiger partial charge in [0.05, 0.1) is 7.11 Å². The second-order valence-electron chi connectivity index (χ2n) is 4.30. The first-order valence-electron chi connectivity index (χ1n) is 6.28. The van der Waals surface area contributed by atoms with Crippen LogP contribution in [0.25, 0.3) is 0 Å². The number of aryl methyl sites for hydroxylation is 1. The van der Waals surface area contributed by atoms with Crippen molar-refractivity contribution in [3.8, 4) is 5.75 Å². The molecule has 0 bridgehead atoms. The highest BCUT2D eigenvalue weighted by Gasteiger charge is 2.05. The van der Waals surface area contributed by atoms with Gasteiger partial charge in [-0.1, -0.05) is 17.3 Å². The summed E-state index contributed by atoms with van der Waals surface area (Å²) >= 11 is 0. The number of nitrogens with one attached hydrogen (secondary N) is 2. The molecule has 0 aliphatic heterocycles. The average Bonchev–Trinajstić information content (AvgIpc) is 2.85. The fraction of sp³-hybridized carbons (Fsp3) is 0.286. The highest BCUT2D eigenvalue weighted by atomic mass is 16.5. The Labute approximate surface area is 117 Å². The molecule has 2 N–H and O–H groups in total. The quantitative estimate of drug-likeness (QED) is 0.878. The fourth-order valence-corrected chi connectivity index (χ4v) is 1.70. The summed E-state index contributed by atoms with van der Waals surface area (Å²) in [5.41, 5.74) is 1.13. The van der Waals surface area contributed by atoms with Crippen LogP contribution in [0.4, 0.5) is 10.6 Å². The van der Waals surface area contributed by atoms with Crippen LogP contribution >= 0.6 is 0 Å². The van der Waals surface area contributed by atoms with E-state index in [1.54, 1.807) is 20.1 Å². The molecule has 106 valence electrons. The van der Waals surface area contributed by atoms with Crippen LogP contribution < -0.4 is 15.4 Å². The summed E-state index contributed by atoms with van der Waals surface area (Å²) in [5, 5.41) is 9.03. The molecule has 0 fully saturated rings. The van der Waals surface area contributed by atoms with Gasteiger partial charge in [0.1, 0.15) is 11.5 Å². The molecule has 6 nitrogen and oxygen atoms in total. The van der Waals surface area contributed by atoms with Gasteiger partial charge in [0.25, 0.3) is 0 Å². The Bertz CT molecular complexity index is 563. The van der Waals surface area contributed by atoms with Crippen molar-refractivity contribution in [1.82, 2.24) is 10.5 Å². The SMILES string of the molecule is COc1ccc(CCNC(=O)Nc2cc(C)on2)cc1. The van der Waals surface area contributed by atoms with Gasteiger partial charge in [0.15, 0.2) is 5.82 Å². The summed E-state index contributed by atoms with van der Waals surface area (Å²) in [5.74, 6) is 1.88. The molecule has 20 heavy (non-hydrogen) atoms. The van der Waals surface area contributed by atoms with Crippen molar-refractivity contribution < 1.29 is 14.1 Å². The lowest BCUT2D eigenvalue weighted by Gasteiger charge is -2.06. The molecule has 0 spiro atoms. The third-order valence-electron chi connectivity index (χ3n) is 2.73. The molecule has 6 heteroatoms. The van der Waals surface area contributed by atoms with Gasteiger partial charge < -0.3 is 14.6 Å². The van der Waals surface area contributed by atoms with Gasteiger partial charge in [-0.2, -0.15) is 0 Å². The lowest BCUT2D eigenvalue weighted by molar-refractivity contribution is 0.252. The van der Waals surface area contributed by atoms with E-state index in [0.29, 0.717) is 18.1 Å². The lowest BCUT2D eigenvalue weighted by atomic mass is 10.1. The number of methoxy groups -OCH3 is 1. The van der Waals surface area contributed by atoms with E-state index < -0.39 is 0 Å². The number of amides is 2. The molecule has 0 aliphatic rings. The molecule has 2 aromatic rings. The van der Waals surface area contributed by atoms with Crippen molar-refractivity contribution in [1.29, 1.82) is 0 Å². The lowest BCUT2D eigenvalue weighted by Crippen LogP contribution is -2.30. The van der Waals surface area contributed by atoms with E-state index in [-0.39, 0.29) is 6.03 Å². The molecule has 1 heterocycles. The summed E-state index contributed by atoms with van der Waals surface area (Å²) in [7, 11) is 1.63. The summed E-state index contributed by atoms with van der Waals surface area (Å²) in [6.07, 6.45) is 0.745. The fourth-order valence-electron chi connectivity index (χ4n) is 1.70. The maximum absolute atomic E-state index is 11.6. The minimum absolute atomic E-state index is 0.299. The molecular formula is C14H17N3O3. The Morgan fingerprint density at radius 2 is 2.10 bits per heavy atom. The number of anilines is 1. The Kier molecular flexibility index (Phi) is 4.60. The topological polar surface area (TPSA) is 76.4 Å². The van der Waals surface area contributed by atoms with E-state index in [1.165, 1.54) is 0 Å². The number of carbonyl (C=O) groups is 1. The maximum atomic E-state index is 11.6. The van der Waals surface area contributed by atoms with E-state index in [1.807, 2.05) is 24.3 Å². The van der Waals surface area contributed by atoms with E-state index in [9.17, 15) is 4.79 Å². The van der Waals surface area contributed by atoms with E-state index in [2.05, 4.69) is 15.8 Å². The van der Waals surface area contributed by atoms with Gasteiger partial charge in [-0.15, -0.1) is 0 Å². The third-order valence-corrected chi connectivity index (χ3v) is 2.73. The van der Waals surface area contributed by atoms with Gasteiger partial charge in [0, 0.05) is 12.6 Å². The van der Waals surface area contributed by atoms with Crippen molar-refractivity contribution in [2.24, 2.45) is 0 Å². The molecular weight excluding hydrogens is 258 g/mol. The first-order chi connectivity index (χ1) is 9.67. The van der Waals surface area contributed by atoms with Gasteiger partial charge in [-0.05, 0) is 31.0 Å². The molecule has 0 radical (unpaired) electrons. The molecule has 2 amide bonds. The van der Waals surface area contributed by atoms with Gasteiger partial charge in [0.2, 0.25) is 0 Å². The Balaban J connectivity index is 1.73. The zero-order valence-corrected chi connectivity index (χ0v) is 11.5. The van der Waals surface area contributed by atoms with Crippen LogP contribution in [0.5, 0.6) is 5.75 Å². The second-order valence-corrected chi connectivity index (χ2v) is 4.30. The number of nitrogens with zero attached hydrogens (tertiary/aromatic N) is 1. The molecule has 2 rings (SSSR count). The van der Waals surface area contributed by atoms with Crippen molar-refractivity contribution in [2.45, 2.75) is 13.3 Å². The molecule has 0 saturated carbocycles. The van der Waals surface area contributed by atoms with Crippen LogP contribution in [-0.4, -0.2) is 24.8 Å². The van der Waals surface area contributed by atoms with Crippen LogP contribution in [0.1, 0.15) is 11.3 Å². The molecule has 1 aromatic carbocycles. The summed E-state index contributed by atoms with van der Waals surface area (Å²) < 4.78 is 9.94. The minimum Gasteiger partial charge on any atom is -0.497 e. The summed E-state index contributed by atoms with van der Waals surface area (Å²) in [6.45, 7) is 2.30. The van der Waals surface area contributed by atoms with Crippen molar-refractivity contribution in [3.63, 3.8) is 0 Å². The first kappa shape index (κ1) is 13.9. The van der Waals surface area contributed by atoms with Gasteiger partial charge in [-0.25, -0.2) is 4.79 Å². The third kappa shape index (κ3) is 4.01. The average molecular weight is 275 g/mol. The van der Waals surface area contributed by atoms with Crippen LogP contribution in [0.3, 0.4) is 0 Å². The minimum atomic E-state index is -0.299. The maximum Gasteiger partial charge on any atom is 0.320 e. The zero-order valence-electron chi connectivity index (χ0n) is 11.5. The molecule has 0 atom stereocenters. The first-order valence-corrected chi connectivity index (χ1v) is 6.28. The van der Waals surface area contributed by atoms with Crippen molar-refractivity contribution in [2.75, 3.05) is 19.0 Å². The van der Waals surface area contributed by atoms with Crippen molar-refractivity contribution in [3.05, 3.63) is 41.7 Å². The molecule has 0 unspecified atom stereocenters. The van der Waals surface area contributed by atoms with E-state index >= 15 is 0 Å². The van der Waals surface area contributed by atoms with Crippen LogP contribution in [-0.2, 0) is 6.42 Å². The standard InChI is InChI=1S/C14H17N3O3/c1-10-9-13(17-20-10)16-14(18)15-8-7-11-3-5-12(19-2)6-4-11/h3-6,9H,7-8H2,1-2H3,(H2,15,16,17,18).